The summed E-state index contributed by atoms with van der Waals surface area (Å²) in [5, 5.41) is 0. The van der Waals surface area contributed by atoms with Crippen LogP contribution in [0.4, 0.5) is 4.79 Å². The Labute approximate surface area is 121 Å². The normalized spacial score (nSPS) is 22.8. The second kappa shape index (κ2) is 7.08. The minimum atomic E-state index is -1.24. The molecule has 1 heterocycles. The molecule has 0 saturated carbocycles. The van der Waals surface area contributed by atoms with Gasteiger partial charge < -0.3 is 14.2 Å². The molecule has 0 bridgehead atoms. The van der Waals surface area contributed by atoms with E-state index in [0.717, 1.165) is 6.04 Å². The fourth-order valence-electron chi connectivity index (χ4n) is 2.06. The van der Waals surface area contributed by atoms with Crippen molar-refractivity contribution in [3.8, 4) is 0 Å². The first-order chi connectivity index (χ1) is 9.28. The molecule has 0 spiro atoms. The maximum Gasteiger partial charge on any atom is 0.410 e. The number of carbonyl (C=O) groups excluding carboxylic acids is 2. The number of hydrogen-bond donors (Lipinski definition) is 0. The van der Waals surface area contributed by atoms with E-state index in [0.29, 0.717) is 19.6 Å². The maximum absolute atomic E-state index is 12.1. The molecule has 1 aliphatic rings. The lowest BCUT2D eigenvalue weighted by atomic mass is 10.2. The highest BCUT2D eigenvalue weighted by Crippen LogP contribution is 2.22. The van der Waals surface area contributed by atoms with Gasteiger partial charge in [-0.2, -0.15) is 0 Å². The number of ether oxygens (including phenoxy) is 3. The van der Waals surface area contributed by atoms with E-state index in [-0.39, 0.29) is 6.10 Å². The fourth-order valence-corrected chi connectivity index (χ4v) is 2.77. The molecule has 1 fully saturated rings. The smallest absolute Gasteiger partial charge is 0.410 e. The Morgan fingerprint density at radius 3 is 2.40 bits per heavy atom. The third kappa shape index (κ3) is 4.79. The molecule has 1 amide bonds. The van der Waals surface area contributed by atoms with Crippen molar-refractivity contribution in [1.29, 1.82) is 0 Å². The Kier molecular flexibility index (Phi) is 6.00. The minimum absolute atomic E-state index is 0.149. The van der Waals surface area contributed by atoms with Crippen molar-refractivity contribution in [1.82, 2.24) is 4.90 Å². The number of likely N-dealkylation sites (tertiary alicyclic amines) is 1. The molecule has 116 valence electrons. The van der Waals surface area contributed by atoms with Crippen molar-refractivity contribution in [3.63, 3.8) is 0 Å². The van der Waals surface area contributed by atoms with Gasteiger partial charge in [-0.15, -0.1) is 0 Å². The van der Waals surface area contributed by atoms with Crippen LogP contribution in [0.2, 0.25) is 25.7 Å². The lowest BCUT2D eigenvalue weighted by Crippen LogP contribution is -2.42. The van der Waals surface area contributed by atoms with Crippen LogP contribution in [0.15, 0.2) is 0 Å². The van der Waals surface area contributed by atoms with E-state index in [4.69, 9.17) is 14.2 Å². The van der Waals surface area contributed by atoms with Crippen LogP contribution in [0, 0.1) is 0 Å². The zero-order chi connectivity index (χ0) is 15.3. The summed E-state index contributed by atoms with van der Waals surface area (Å²) >= 11 is 0. The Morgan fingerprint density at radius 2 is 1.90 bits per heavy atom. The standard InChI is InChI=1S/C13H25NO5Si/c1-17-10-8-11(12(15)18-2)14(9-10)13(16)19-6-7-20(3,4)5/h10-11H,6-9H2,1-5H3. The van der Waals surface area contributed by atoms with Gasteiger partial charge in [-0.3, -0.25) is 4.90 Å². The number of rotatable bonds is 5. The van der Waals surface area contributed by atoms with E-state index in [1.165, 1.54) is 12.0 Å². The number of esters is 1. The first kappa shape index (κ1) is 17.0. The third-order valence-electron chi connectivity index (χ3n) is 3.38. The zero-order valence-corrected chi connectivity index (χ0v) is 14.0. The van der Waals surface area contributed by atoms with Crippen LogP contribution in [0.3, 0.4) is 0 Å². The van der Waals surface area contributed by atoms with Gasteiger partial charge in [0, 0.05) is 21.6 Å². The van der Waals surface area contributed by atoms with Gasteiger partial charge >= 0.3 is 12.1 Å². The van der Waals surface area contributed by atoms with Crippen LogP contribution in [-0.4, -0.2) is 64.6 Å². The van der Waals surface area contributed by atoms with Gasteiger partial charge in [0.05, 0.1) is 26.4 Å². The molecule has 7 heteroatoms. The highest BCUT2D eigenvalue weighted by atomic mass is 28.3. The lowest BCUT2D eigenvalue weighted by molar-refractivity contribution is -0.145. The summed E-state index contributed by atoms with van der Waals surface area (Å²) < 4.78 is 15.2. The summed E-state index contributed by atoms with van der Waals surface area (Å²) in [5.74, 6) is -0.424. The Bertz CT molecular complexity index is 355. The van der Waals surface area contributed by atoms with Crippen molar-refractivity contribution < 1.29 is 23.8 Å². The molecule has 1 rings (SSSR count). The third-order valence-corrected chi connectivity index (χ3v) is 5.09. The quantitative estimate of drug-likeness (QED) is 0.571. The number of hydrogen-bond acceptors (Lipinski definition) is 5. The van der Waals surface area contributed by atoms with Gasteiger partial charge in [0.25, 0.3) is 0 Å². The van der Waals surface area contributed by atoms with Crippen LogP contribution in [-0.2, 0) is 19.0 Å². The molecule has 20 heavy (non-hydrogen) atoms. The van der Waals surface area contributed by atoms with Crippen molar-refractivity contribution >= 4 is 20.1 Å². The summed E-state index contributed by atoms with van der Waals surface area (Å²) in [6, 6.07) is 0.299. The zero-order valence-electron chi connectivity index (χ0n) is 13.0. The Hall–Kier alpha value is -1.08. The average molecular weight is 303 g/mol. The van der Waals surface area contributed by atoms with Crippen LogP contribution in [0.5, 0.6) is 0 Å². The molecule has 0 aliphatic carbocycles. The SMILES string of the molecule is COC(=O)C1CC(OC)CN1C(=O)OCC[Si](C)(C)C. The summed E-state index contributed by atoms with van der Waals surface area (Å²) in [7, 11) is 1.64. The molecular weight excluding hydrogens is 278 g/mol. The fraction of sp³-hybridized carbons (Fsp3) is 0.846. The van der Waals surface area contributed by atoms with Crippen molar-refractivity contribution in [2.24, 2.45) is 0 Å². The van der Waals surface area contributed by atoms with Gasteiger partial charge in [-0.1, -0.05) is 19.6 Å². The van der Waals surface area contributed by atoms with Gasteiger partial charge in [0.1, 0.15) is 6.04 Å². The molecule has 0 radical (unpaired) electrons. The van der Waals surface area contributed by atoms with Crippen LogP contribution in [0.25, 0.3) is 0 Å². The maximum atomic E-state index is 12.1. The van der Waals surface area contributed by atoms with Crippen molar-refractivity contribution in [2.45, 2.75) is 44.3 Å². The monoisotopic (exact) mass is 303 g/mol. The molecule has 0 aromatic rings. The highest BCUT2D eigenvalue weighted by Gasteiger charge is 2.41. The van der Waals surface area contributed by atoms with E-state index in [9.17, 15) is 9.59 Å². The van der Waals surface area contributed by atoms with Crippen molar-refractivity contribution in [3.05, 3.63) is 0 Å². The van der Waals surface area contributed by atoms with E-state index in [1.54, 1.807) is 7.11 Å². The predicted molar refractivity (Wildman–Crippen MR) is 77.4 cm³/mol. The first-order valence-corrected chi connectivity index (χ1v) is 10.5. The number of amides is 1. The molecule has 1 aliphatic heterocycles. The van der Waals surface area contributed by atoms with Gasteiger partial charge in [-0.05, 0) is 6.04 Å². The molecular formula is C13H25NO5Si. The number of carbonyl (C=O) groups is 2. The highest BCUT2D eigenvalue weighted by molar-refractivity contribution is 6.76. The van der Waals surface area contributed by atoms with Gasteiger partial charge in [-0.25, -0.2) is 9.59 Å². The van der Waals surface area contributed by atoms with Gasteiger partial charge in [0.2, 0.25) is 0 Å². The minimum Gasteiger partial charge on any atom is -0.467 e. The topological polar surface area (TPSA) is 65.1 Å². The summed E-state index contributed by atoms with van der Waals surface area (Å²) in [6.45, 7) is 7.41. The molecule has 2 unspecified atom stereocenters. The van der Waals surface area contributed by atoms with E-state index in [1.807, 2.05) is 0 Å². The Morgan fingerprint density at radius 1 is 1.25 bits per heavy atom. The molecule has 0 aromatic carbocycles. The average Bonchev–Trinajstić information content (AvgIpc) is 2.80. The second-order valence-electron chi connectivity index (χ2n) is 6.21. The molecule has 0 N–H and O–H groups in total. The molecule has 1 saturated heterocycles. The van der Waals surface area contributed by atoms with Crippen LogP contribution < -0.4 is 0 Å². The molecule has 6 nitrogen and oxygen atoms in total. The van der Waals surface area contributed by atoms with E-state index >= 15 is 0 Å². The number of nitrogens with zero attached hydrogens (tertiary/aromatic N) is 1. The largest absolute Gasteiger partial charge is 0.467 e. The summed E-state index contributed by atoms with van der Waals surface area (Å²) in [4.78, 5) is 25.2. The molecule has 2 atom stereocenters. The predicted octanol–water partition coefficient (Wildman–Crippen LogP) is 1.72. The van der Waals surface area contributed by atoms with E-state index < -0.39 is 26.2 Å². The molecule has 0 aromatic heterocycles. The van der Waals surface area contributed by atoms with E-state index in [2.05, 4.69) is 19.6 Å². The van der Waals surface area contributed by atoms with Gasteiger partial charge in [0.15, 0.2) is 0 Å². The van der Waals surface area contributed by atoms with Crippen LogP contribution >= 0.6 is 0 Å². The summed E-state index contributed by atoms with van der Waals surface area (Å²) in [5.41, 5.74) is 0. The summed E-state index contributed by atoms with van der Waals surface area (Å²) in [6.07, 6.45) is -0.159. The second-order valence-corrected chi connectivity index (χ2v) is 11.8. The number of methoxy groups -OCH3 is 2. The lowest BCUT2D eigenvalue weighted by Gasteiger charge is -2.23. The van der Waals surface area contributed by atoms with Crippen molar-refractivity contribution in [2.75, 3.05) is 27.4 Å². The first-order valence-electron chi connectivity index (χ1n) is 6.82. The van der Waals surface area contributed by atoms with Crippen LogP contribution in [0.1, 0.15) is 6.42 Å². The Balaban J connectivity index is 2.57.